The number of rotatable bonds is 4. The van der Waals surface area contributed by atoms with Gasteiger partial charge in [0, 0.05) is 31.0 Å². The fourth-order valence-corrected chi connectivity index (χ4v) is 3.58. The van der Waals surface area contributed by atoms with Crippen molar-refractivity contribution < 1.29 is 9.90 Å². The second-order valence-electron chi connectivity index (χ2n) is 6.93. The maximum Gasteiger partial charge on any atom is 0.319 e. The quantitative estimate of drug-likeness (QED) is 0.800. The van der Waals surface area contributed by atoms with Gasteiger partial charge in [0.2, 0.25) is 0 Å². The Labute approximate surface area is 138 Å². The molecule has 126 valence electrons. The molecule has 3 rings (SSSR count). The monoisotopic (exact) mass is 317 g/mol. The van der Waals surface area contributed by atoms with E-state index in [1.54, 1.807) is 0 Å². The lowest BCUT2D eigenvalue weighted by Crippen LogP contribution is -2.42. The van der Waals surface area contributed by atoms with Gasteiger partial charge in [0.25, 0.3) is 0 Å². The molecule has 2 amide bonds. The van der Waals surface area contributed by atoms with Crippen LogP contribution in [0.25, 0.3) is 0 Å². The van der Waals surface area contributed by atoms with E-state index in [1.165, 1.54) is 18.5 Å². The molecule has 2 aliphatic rings. The molecule has 1 heterocycles. The summed E-state index contributed by atoms with van der Waals surface area (Å²) < 4.78 is 0. The first kappa shape index (κ1) is 16.1. The zero-order chi connectivity index (χ0) is 16.3. The Balaban J connectivity index is 1.55. The molecule has 1 saturated heterocycles. The topological polar surface area (TPSA) is 64.6 Å². The molecule has 5 nitrogen and oxygen atoms in total. The van der Waals surface area contributed by atoms with Crippen LogP contribution in [-0.4, -0.2) is 36.4 Å². The van der Waals surface area contributed by atoms with Crippen molar-refractivity contribution in [3.8, 4) is 0 Å². The zero-order valence-corrected chi connectivity index (χ0v) is 13.9. The fraction of sp³-hybridized carbons (Fsp3) is 0.611. The van der Waals surface area contributed by atoms with Gasteiger partial charge in [-0.15, -0.1) is 0 Å². The second-order valence-corrected chi connectivity index (χ2v) is 6.93. The third-order valence-electron chi connectivity index (χ3n) is 5.04. The van der Waals surface area contributed by atoms with E-state index in [2.05, 4.69) is 27.7 Å². The fourth-order valence-electron chi connectivity index (χ4n) is 3.58. The minimum Gasteiger partial charge on any atom is -0.388 e. The number of aryl methyl sites for hydroxylation is 1. The summed E-state index contributed by atoms with van der Waals surface area (Å²) in [4.78, 5) is 14.4. The van der Waals surface area contributed by atoms with Crippen molar-refractivity contribution in [3.05, 3.63) is 23.8 Å². The van der Waals surface area contributed by atoms with Crippen LogP contribution in [0.4, 0.5) is 16.2 Å². The highest BCUT2D eigenvalue weighted by Gasteiger charge is 2.31. The van der Waals surface area contributed by atoms with Gasteiger partial charge in [-0.3, -0.25) is 0 Å². The molecule has 0 radical (unpaired) electrons. The lowest BCUT2D eigenvalue weighted by Gasteiger charge is -2.23. The van der Waals surface area contributed by atoms with Crippen LogP contribution in [0.3, 0.4) is 0 Å². The Morgan fingerprint density at radius 3 is 2.57 bits per heavy atom. The van der Waals surface area contributed by atoms with Crippen LogP contribution in [0.15, 0.2) is 18.2 Å². The van der Waals surface area contributed by atoms with Crippen LogP contribution >= 0.6 is 0 Å². The zero-order valence-electron chi connectivity index (χ0n) is 13.9. The summed E-state index contributed by atoms with van der Waals surface area (Å²) in [6.07, 6.45) is 6.14. The Bertz CT molecular complexity index is 561. The lowest BCUT2D eigenvalue weighted by atomic mass is 10.0. The van der Waals surface area contributed by atoms with Crippen molar-refractivity contribution in [2.75, 3.05) is 29.9 Å². The molecule has 0 bridgehead atoms. The number of carbonyl (C=O) groups excluding carboxylic acids is 1. The van der Waals surface area contributed by atoms with E-state index in [1.807, 2.05) is 13.0 Å². The van der Waals surface area contributed by atoms with Crippen molar-refractivity contribution in [2.45, 2.75) is 51.0 Å². The molecule has 0 atom stereocenters. The normalized spacial score (nSPS) is 19.8. The lowest BCUT2D eigenvalue weighted by molar-refractivity contribution is 0.0506. The van der Waals surface area contributed by atoms with Gasteiger partial charge in [0.05, 0.1) is 5.60 Å². The van der Waals surface area contributed by atoms with Gasteiger partial charge >= 0.3 is 6.03 Å². The highest BCUT2D eigenvalue weighted by Crippen LogP contribution is 2.29. The molecule has 0 aromatic heterocycles. The predicted octanol–water partition coefficient (Wildman–Crippen LogP) is 3.02. The third-order valence-corrected chi connectivity index (χ3v) is 5.04. The molecule has 0 spiro atoms. The first-order valence-electron chi connectivity index (χ1n) is 8.69. The van der Waals surface area contributed by atoms with Gasteiger partial charge < -0.3 is 20.6 Å². The van der Waals surface area contributed by atoms with Crippen LogP contribution in [0.2, 0.25) is 0 Å². The summed E-state index contributed by atoms with van der Waals surface area (Å²) in [5.41, 5.74) is 2.39. The Morgan fingerprint density at radius 2 is 1.91 bits per heavy atom. The molecule has 0 unspecified atom stereocenters. The van der Waals surface area contributed by atoms with Gasteiger partial charge in [-0.05, 0) is 56.4 Å². The maximum absolute atomic E-state index is 12.1. The smallest absolute Gasteiger partial charge is 0.319 e. The summed E-state index contributed by atoms with van der Waals surface area (Å²) in [7, 11) is 0. The summed E-state index contributed by atoms with van der Waals surface area (Å²) in [5.74, 6) is 0. The highest BCUT2D eigenvalue weighted by molar-refractivity contribution is 5.90. The Hall–Kier alpha value is -1.75. The molecular formula is C18H27N3O2. The van der Waals surface area contributed by atoms with E-state index in [9.17, 15) is 9.90 Å². The molecule has 3 N–H and O–H groups in total. The van der Waals surface area contributed by atoms with Crippen LogP contribution in [0.5, 0.6) is 0 Å². The average molecular weight is 317 g/mol. The summed E-state index contributed by atoms with van der Waals surface area (Å²) >= 11 is 0. The molecule has 1 aromatic rings. The van der Waals surface area contributed by atoms with Crippen molar-refractivity contribution in [1.82, 2.24) is 5.32 Å². The number of anilines is 2. The number of amides is 2. The number of urea groups is 1. The van der Waals surface area contributed by atoms with E-state index < -0.39 is 5.60 Å². The van der Waals surface area contributed by atoms with Crippen molar-refractivity contribution in [2.24, 2.45) is 0 Å². The number of hydrogen-bond donors (Lipinski definition) is 3. The largest absolute Gasteiger partial charge is 0.388 e. The number of benzene rings is 1. The molecule has 23 heavy (non-hydrogen) atoms. The first-order valence-corrected chi connectivity index (χ1v) is 8.69. The molecule has 5 heteroatoms. The molecule has 1 aliphatic heterocycles. The first-order chi connectivity index (χ1) is 11.1. The summed E-state index contributed by atoms with van der Waals surface area (Å²) in [6.45, 7) is 4.57. The molecule has 2 fully saturated rings. The molecular weight excluding hydrogens is 290 g/mol. The van der Waals surface area contributed by atoms with E-state index in [4.69, 9.17) is 0 Å². The van der Waals surface area contributed by atoms with E-state index >= 15 is 0 Å². The summed E-state index contributed by atoms with van der Waals surface area (Å²) in [5, 5.41) is 16.0. The average Bonchev–Trinajstić information content (AvgIpc) is 3.19. The van der Waals surface area contributed by atoms with Gasteiger partial charge in [-0.1, -0.05) is 12.8 Å². The minimum absolute atomic E-state index is 0.248. The minimum atomic E-state index is -0.716. The second kappa shape index (κ2) is 6.79. The molecule has 1 aromatic carbocycles. The predicted molar refractivity (Wildman–Crippen MR) is 93.1 cm³/mol. The number of carbonyl (C=O) groups is 1. The van der Waals surface area contributed by atoms with Gasteiger partial charge in [-0.25, -0.2) is 4.79 Å². The SMILES string of the molecule is Cc1cc(N2CCCC2)ccc1NC(=O)NCC1(O)CCCC1. The van der Waals surface area contributed by atoms with Gasteiger partial charge in [0.15, 0.2) is 0 Å². The van der Waals surface area contributed by atoms with Gasteiger partial charge in [-0.2, -0.15) is 0 Å². The van der Waals surface area contributed by atoms with Crippen LogP contribution < -0.4 is 15.5 Å². The summed E-state index contributed by atoms with van der Waals surface area (Å²) in [6, 6.07) is 5.92. The third kappa shape index (κ3) is 3.96. The van der Waals surface area contributed by atoms with Crippen LogP contribution in [0.1, 0.15) is 44.1 Å². The van der Waals surface area contributed by atoms with Crippen molar-refractivity contribution >= 4 is 17.4 Å². The van der Waals surface area contributed by atoms with Crippen LogP contribution in [0, 0.1) is 6.92 Å². The van der Waals surface area contributed by atoms with Crippen molar-refractivity contribution in [1.29, 1.82) is 0 Å². The standard InChI is InChI=1S/C18H27N3O2/c1-14-12-15(21-10-4-5-11-21)6-7-16(14)20-17(22)19-13-18(23)8-2-3-9-18/h6-7,12,23H,2-5,8-11,13H2,1H3,(H2,19,20,22). The van der Waals surface area contributed by atoms with Crippen LogP contribution in [-0.2, 0) is 0 Å². The Morgan fingerprint density at radius 1 is 1.22 bits per heavy atom. The molecule has 1 saturated carbocycles. The maximum atomic E-state index is 12.1. The van der Waals surface area contributed by atoms with Crippen molar-refractivity contribution in [3.63, 3.8) is 0 Å². The number of nitrogens with one attached hydrogen (secondary N) is 2. The Kier molecular flexibility index (Phi) is 4.76. The van der Waals surface area contributed by atoms with E-state index in [0.717, 1.165) is 50.0 Å². The highest BCUT2D eigenvalue weighted by atomic mass is 16.3. The van der Waals surface area contributed by atoms with E-state index in [-0.39, 0.29) is 6.03 Å². The number of hydrogen-bond acceptors (Lipinski definition) is 3. The molecule has 1 aliphatic carbocycles. The number of aliphatic hydroxyl groups is 1. The number of nitrogens with zero attached hydrogens (tertiary/aromatic N) is 1. The van der Waals surface area contributed by atoms with Gasteiger partial charge in [0.1, 0.15) is 0 Å². The van der Waals surface area contributed by atoms with E-state index in [0.29, 0.717) is 6.54 Å².